The molecule has 1 aromatic heterocycles. The number of hydrogen-bond donors (Lipinski definition) is 2. The summed E-state index contributed by atoms with van der Waals surface area (Å²) in [6.45, 7) is 0. The Kier molecular flexibility index (Phi) is 6.93. The Morgan fingerprint density at radius 2 is 1.70 bits per heavy atom. The first kappa shape index (κ1) is 24.2. The maximum absolute atomic E-state index is 12.8. The molecule has 4 aromatic rings. The summed E-state index contributed by atoms with van der Waals surface area (Å²) in [6.07, 6.45) is 0.915. The summed E-state index contributed by atoms with van der Waals surface area (Å²) in [4.78, 5) is 17.5. The molecule has 9 heteroatoms. The fourth-order valence-corrected chi connectivity index (χ4v) is 4.58. The van der Waals surface area contributed by atoms with Gasteiger partial charge >= 0.3 is 0 Å². The van der Waals surface area contributed by atoms with Crippen molar-refractivity contribution in [3.63, 3.8) is 0 Å². The summed E-state index contributed by atoms with van der Waals surface area (Å²) in [5.41, 5.74) is 3.03. The first-order valence-corrected chi connectivity index (χ1v) is 12.0. The van der Waals surface area contributed by atoms with Crippen LogP contribution in [0, 0.1) is 0 Å². The van der Waals surface area contributed by atoms with E-state index in [0.717, 1.165) is 28.9 Å². The zero-order valence-corrected chi connectivity index (χ0v) is 21.0. The van der Waals surface area contributed by atoms with Crippen LogP contribution in [0.5, 0.6) is 17.2 Å². The van der Waals surface area contributed by atoms with Crippen LogP contribution < -0.4 is 24.8 Å². The topological polar surface area (TPSA) is 99.5 Å². The van der Waals surface area contributed by atoms with Crippen LogP contribution in [-0.4, -0.2) is 42.0 Å². The highest BCUT2D eigenvalue weighted by Gasteiger charge is 2.31. The van der Waals surface area contributed by atoms with Crippen molar-refractivity contribution in [3.05, 3.63) is 89.5 Å². The number of rotatable bonds is 8. The van der Waals surface area contributed by atoms with Gasteiger partial charge in [0, 0.05) is 0 Å². The van der Waals surface area contributed by atoms with E-state index in [1.165, 1.54) is 0 Å². The van der Waals surface area contributed by atoms with E-state index >= 15 is 0 Å². The lowest BCUT2D eigenvalue weighted by Crippen LogP contribution is -2.28. The van der Waals surface area contributed by atoms with Crippen molar-refractivity contribution in [1.29, 1.82) is 0 Å². The van der Waals surface area contributed by atoms with Gasteiger partial charge in [-0.25, -0.2) is 4.68 Å². The standard InChI is InChI=1S/C28H29N5O4/c1-35-21-12-10-20(11-13-21)23-17-22(19-7-5-4-6-8-19)29-28-31-27(32-33(23)28)30-26(34)16-18-9-14-24(36-2)25(15-18)37-3/h4-15,22-23H,16-17H2,1-3H3,(H2,29,30,31,32,34). The molecule has 2 unspecified atom stereocenters. The van der Waals surface area contributed by atoms with Crippen LogP contribution in [0.15, 0.2) is 72.8 Å². The van der Waals surface area contributed by atoms with Gasteiger partial charge in [-0.3, -0.25) is 10.1 Å². The Bertz CT molecular complexity index is 1370. The summed E-state index contributed by atoms with van der Waals surface area (Å²) in [5, 5.41) is 11.0. The normalized spacial score (nSPS) is 16.3. The third-order valence-electron chi connectivity index (χ3n) is 6.46. The molecule has 1 aliphatic rings. The number of aromatic nitrogens is 3. The van der Waals surface area contributed by atoms with Gasteiger partial charge in [0.05, 0.1) is 39.8 Å². The minimum Gasteiger partial charge on any atom is -0.497 e. The summed E-state index contributed by atoms with van der Waals surface area (Å²) < 4.78 is 17.8. The summed E-state index contributed by atoms with van der Waals surface area (Å²) in [5.74, 6) is 2.60. The molecule has 0 saturated heterocycles. The predicted octanol–water partition coefficient (Wildman–Crippen LogP) is 4.63. The van der Waals surface area contributed by atoms with E-state index in [1.54, 1.807) is 33.5 Å². The fraction of sp³-hybridized carbons (Fsp3) is 0.250. The number of carbonyl (C=O) groups is 1. The zero-order valence-electron chi connectivity index (χ0n) is 21.0. The van der Waals surface area contributed by atoms with Crippen molar-refractivity contribution < 1.29 is 19.0 Å². The molecule has 0 radical (unpaired) electrons. The number of methoxy groups -OCH3 is 3. The van der Waals surface area contributed by atoms with Gasteiger partial charge in [-0.05, 0) is 47.4 Å². The molecule has 0 aliphatic carbocycles. The average molecular weight is 500 g/mol. The lowest BCUT2D eigenvalue weighted by molar-refractivity contribution is -0.115. The van der Waals surface area contributed by atoms with E-state index in [4.69, 9.17) is 14.2 Å². The zero-order chi connectivity index (χ0) is 25.8. The number of fused-ring (bicyclic) bond motifs is 1. The molecular weight excluding hydrogens is 470 g/mol. The second-order valence-electron chi connectivity index (χ2n) is 8.75. The Morgan fingerprint density at radius 1 is 0.946 bits per heavy atom. The molecular formula is C28H29N5O4. The summed E-state index contributed by atoms with van der Waals surface area (Å²) in [7, 11) is 4.79. The van der Waals surface area contributed by atoms with Crippen LogP contribution in [0.2, 0.25) is 0 Å². The van der Waals surface area contributed by atoms with Crippen LogP contribution in [0.1, 0.15) is 35.2 Å². The van der Waals surface area contributed by atoms with Crippen molar-refractivity contribution in [3.8, 4) is 17.2 Å². The van der Waals surface area contributed by atoms with Gasteiger partial charge in [-0.2, -0.15) is 4.98 Å². The second kappa shape index (κ2) is 10.6. The molecule has 190 valence electrons. The van der Waals surface area contributed by atoms with Crippen molar-refractivity contribution in [1.82, 2.24) is 14.8 Å². The molecule has 0 saturated carbocycles. The van der Waals surface area contributed by atoms with Gasteiger partial charge < -0.3 is 19.5 Å². The first-order chi connectivity index (χ1) is 18.1. The van der Waals surface area contributed by atoms with Gasteiger partial charge in [0.25, 0.3) is 5.95 Å². The maximum Gasteiger partial charge on any atom is 0.250 e. The fourth-order valence-electron chi connectivity index (χ4n) is 4.58. The van der Waals surface area contributed by atoms with E-state index in [1.807, 2.05) is 53.2 Å². The number of benzene rings is 3. The minimum atomic E-state index is -0.226. The Morgan fingerprint density at radius 3 is 2.41 bits per heavy atom. The molecule has 3 aromatic carbocycles. The van der Waals surface area contributed by atoms with Crippen LogP contribution in [0.3, 0.4) is 0 Å². The Balaban J connectivity index is 1.39. The molecule has 37 heavy (non-hydrogen) atoms. The molecule has 5 rings (SSSR count). The molecule has 0 fully saturated rings. The molecule has 0 spiro atoms. The molecule has 1 amide bonds. The number of hydrogen-bond acceptors (Lipinski definition) is 7. The van der Waals surface area contributed by atoms with E-state index < -0.39 is 0 Å². The monoisotopic (exact) mass is 499 g/mol. The third-order valence-corrected chi connectivity index (χ3v) is 6.46. The SMILES string of the molecule is COc1ccc(C2CC(c3ccccc3)Nc3nc(NC(=O)Cc4ccc(OC)c(OC)c4)nn32)cc1. The van der Waals surface area contributed by atoms with Crippen LogP contribution >= 0.6 is 0 Å². The Hall–Kier alpha value is -4.53. The largest absolute Gasteiger partial charge is 0.497 e. The van der Waals surface area contributed by atoms with Gasteiger partial charge in [0.1, 0.15) is 5.75 Å². The van der Waals surface area contributed by atoms with Gasteiger partial charge in [-0.1, -0.05) is 48.5 Å². The highest BCUT2D eigenvalue weighted by Crippen LogP contribution is 2.38. The number of carbonyl (C=O) groups excluding carboxylic acids is 1. The Labute approximate surface area is 215 Å². The van der Waals surface area contributed by atoms with E-state index in [0.29, 0.717) is 17.4 Å². The lowest BCUT2D eigenvalue weighted by Gasteiger charge is -2.31. The van der Waals surface area contributed by atoms with E-state index in [-0.39, 0.29) is 30.4 Å². The number of ether oxygens (including phenoxy) is 3. The third kappa shape index (κ3) is 5.20. The number of amides is 1. The highest BCUT2D eigenvalue weighted by molar-refractivity contribution is 5.90. The van der Waals surface area contributed by atoms with Crippen LogP contribution in [0.25, 0.3) is 0 Å². The van der Waals surface area contributed by atoms with E-state index in [2.05, 4.69) is 32.8 Å². The smallest absolute Gasteiger partial charge is 0.250 e. The quantitative estimate of drug-likeness (QED) is 0.365. The molecule has 2 heterocycles. The maximum atomic E-state index is 12.8. The van der Waals surface area contributed by atoms with Crippen LogP contribution in [0.4, 0.5) is 11.9 Å². The van der Waals surface area contributed by atoms with Crippen molar-refractivity contribution >= 4 is 17.8 Å². The van der Waals surface area contributed by atoms with E-state index in [9.17, 15) is 4.79 Å². The highest BCUT2D eigenvalue weighted by atomic mass is 16.5. The second-order valence-corrected chi connectivity index (χ2v) is 8.75. The molecule has 2 N–H and O–H groups in total. The molecule has 1 aliphatic heterocycles. The molecule has 9 nitrogen and oxygen atoms in total. The van der Waals surface area contributed by atoms with Crippen molar-refractivity contribution in [2.75, 3.05) is 32.0 Å². The average Bonchev–Trinajstić information content (AvgIpc) is 3.35. The summed E-state index contributed by atoms with van der Waals surface area (Å²) in [6, 6.07) is 23.6. The lowest BCUT2D eigenvalue weighted by atomic mass is 9.93. The number of nitrogens with zero attached hydrogens (tertiary/aromatic N) is 3. The number of nitrogens with one attached hydrogen (secondary N) is 2. The minimum absolute atomic E-state index is 0.0420. The molecule has 0 bridgehead atoms. The first-order valence-electron chi connectivity index (χ1n) is 12.0. The summed E-state index contributed by atoms with van der Waals surface area (Å²) >= 11 is 0. The van der Waals surface area contributed by atoms with Crippen molar-refractivity contribution in [2.45, 2.75) is 24.9 Å². The van der Waals surface area contributed by atoms with Gasteiger partial charge in [0.15, 0.2) is 11.5 Å². The number of anilines is 2. The van der Waals surface area contributed by atoms with Gasteiger partial charge in [-0.15, -0.1) is 5.10 Å². The van der Waals surface area contributed by atoms with Crippen molar-refractivity contribution in [2.24, 2.45) is 0 Å². The molecule has 2 atom stereocenters. The van der Waals surface area contributed by atoms with Gasteiger partial charge in [0.2, 0.25) is 11.9 Å². The van der Waals surface area contributed by atoms with Crippen LogP contribution in [-0.2, 0) is 11.2 Å². The predicted molar refractivity (Wildman–Crippen MR) is 140 cm³/mol.